The van der Waals surface area contributed by atoms with Gasteiger partial charge in [-0.25, -0.2) is 4.79 Å². The summed E-state index contributed by atoms with van der Waals surface area (Å²) < 4.78 is 77.3. The van der Waals surface area contributed by atoms with Crippen LogP contribution in [0.3, 0.4) is 0 Å². The minimum atomic E-state index is -1.38. The van der Waals surface area contributed by atoms with Crippen LogP contribution in [0.2, 0.25) is 0 Å². The van der Waals surface area contributed by atoms with E-state index < -0.39 is 67.1 Å². The molecule has 332 valence electrons. The van der Waals surface area contributed by atoms with Gasteiger partial charge in [0, 0.05) is 13.8 Å². The molecule has 0 radical (unpaired) electrons. The Balaban J connectivity index is 1.35. The number of hydrogen-bond acceptors (Lipinski definition) is 16. The summed E-state index contributed by atoms with van der Waals surface area (Å²) in [6.45, 7) is 2.46. The van der Waals surface area contributed by atoms with Gasteiger partial charge in [0.1, 0.15) is 47.4 Å². The Kier molecular flexibility index (Phi) is 16.5. The minimum Gasteiger partial charge on any atom is -0.497 e. The summed E-state index contributed by atoms with van der Waals surface area (Å²) in [7, 11) is 6.25. The normalized spacial score (nSPS) is 23.4. The molecule has 2 aliphatic rings. The molecule has 0 bridgehead atoms. The molecule has 2 fully saturated rings. The largest absolute Gasteiger partial charge is 0.497 e. The van der Waals surface area contributed by atoms with Gasteiger partial charge in [0.15, 0.2) is 18.5 Å². The number of hydrogen-bond donors (Lipinski definition) is 0. The van der Waals surface area contributed by atoms with Gasteiger partial charge in [0.25, 0.3) is 0 Å². The Labute approximate surface area is 360 Å². The van der Waals surface area contributed by atoms with Crippen LogP contribution < -0.4 is 18.9 Å². The van der Waals surface area contributed by atoms with Crippen LogP contribution in [-0.2, 0) is 72.0 Å². The van der Waals surface area contributed by atoms with Crippen molar-refractivity contribution < 1.29 is 76.0 Å². The number of carbonyl (C=O) groups excluding carboxylic acids is 3. The van der Waals surface area contributed by atoms with Gasteiger partial charge < -0.3 is 61.6 Å². The molecule has 62 heavy (non-hydrogen) atoms. The summed E-state index contributed by atoms with van der Waals surface area (Å²) in [6.07, 6.45) is -9.38. The molecule has 16 nitrogen and oxygen atoms in total. The SMILES string of the molecule is COc1ccc(CO[C@@H]2[C@@H](OC(=O)c3ccc(OC)cc3)[C@H](O[C@@H]3[C@@H](OC(C)=O)[C@H](OC(C)=O)OC[C@@H]3OCc3ccc(OC)cc3)OC[C@H]2OCc2ccc(OC)cc2)cc1. The van der Waals surface area contributed by atoms with Crippen LogP contribution in [0.25, 0.3) is 0 Å². The Morgan fingerprint density at radius 1 is 0.468 bits per heavy atom. The van der Waals surface area contributed by atoms with E-state index >= 15 is 0 Å². The van der Waals surface area contributed by atoms with Crippen LogP contribution in [0, 0.1) is 0 Å². The predicted molar refractivity (Wildman–Crippen MR) is 219 cm³/mol. The number of methoxy groups -OCH3 is 4. The summed E-state index contributed by atoms with van der Waals surface area (Å²) in [4.78, 5) is 39.0. The summed E-state index contributed by atoms with van der Waals surface area (Å²) in [5.74, 6) is 0.424. The molecule has 2 saturated heterocycles. The molecular formula is C46H52O16. The zero-order valence-electron chi connectivity index (χ0n) is 35.4. The fourth-order valence-electron chi connectivity index (χ4n) is 6.80. The second-order valence-electron chi connectivity index (χ2n) is 14.3. The molecule has 0 aliphatic carbocycles. The minimum absolute atomic E-state index is 0.0653. The van der Waals surface area contributed by atoms with E-state index in [1.54, 1.807) is 69.9 Å². The molecule has 4 aromatic rings. The monoisotopic (exact) mass is 860 g/mol. The molecule has 6 rings (SSSR count). The van der Waals surface area contributed by atoms with Crippen molar-refractivity contribution >= 4 is 17.9 Å². The van der Waals surface area contributed by atoms with E-state index in [0.29, 0.717) is 23.0 Å². The molecule has 8 atom stereocenters. The molecule has 2 aliphatic heterocycles. The van der Waals surface area contributed by atoms with E-state index in [-0.39, 0.29) is 38.6 Å². The van der Waals surface area contributed by atoms with Gasteiger partial charge in [-0.2, -0.15) is 0 Å². The highest BCUT2D eigenvalue weighted by Gasteiger charge is 2.52. The third-order valence-electron chi connectivity index (χ3n) is 10.1. The van der Waals surface area contributed by atoms with Crippen LogP contribution in [0.5, 0.6) is 23.0 Å². The van der Waals surface area contributed by atoms with E-state index in [1.165, 1.54) is 21.0 Å². The van der Waals surface area contributed by atoms with Crippen LogP contribution >= 0.6 is 0 Å². The highest BCUT2D eigenvalue weighted by molar-refractivity contribution is 5.89. The topological polar surface area (TPSA) is 171 Å². The smallest absolute Gasteiger partial charge is 0.338 e. The third kappa shape index (κ3) is 12.4. The Morgan fingerprint density at radius 2 is 0.855 bits per heavy atom. The summed E-state index contributed by atoms with van der Waals surface area (Å²) >= 11 is 0. The molecule has 2 heterocycles. The lowest BCUT2D eigenvalue weighted by molar-refractivity contribution is -0.340. The standard InChI is InChI=1S/C46H52O16/c1-28(47)59-43-41(39(27-57-45(43)60-29(2)48)55-24-31-9-17-35(51-4)18-10-31)62-46-42(61-44(49)33-13-21-37(53-6)22-14-33)40(56-25-32-11-19-36(52-5)20-12-32)38(26-58-46)54-23-30-7-15-34(50-3)16-8-30/h7-22,38-43,45-46H,23-27H2,1-6H3/t38-,39+,40+,41+,42-,43-,45+,46+/m1/s1. The average Bonchev–Trinajstić information content (AvgIpc) is 3.29. The van der Waals surface area contributed by atoms with Gasteiger partial charge in [0.05, 0.1) is 67.0 Å². The molecule has 0 amide bonds. The second-order valence-corrected chi connectivity index (χ2v) is 14.3. The van der Waals surface area contributed by atoms with Gasteiger partial charge >= 0.3 is 17.9 Å². The highest BCUT2D eigenvalue weighted by atomic mass is 16.8. The Morgan fingerprint density at radius 3 is 1.29 bits per heavy atom. The van der Waals surface area contributed by atoms with Crippen molar-refractivity contribution in [2.24, 2.45) is 0 Å². The number of rotatable bonds is 19. The van der Waals surface area contributed by atoms with Gasteiger partial charge in [-0.3, -0.25) is 9.59 Å². The van der Waals surface area contributed by atoms with Crippen molar-refractivity contribution in [2.75, 3.05) is 41.7 Å². The van der Waals surface area contributed by atoms with E-state index in [0.717, 1.165) is 16.7 Å². The zero-order valence-corrected chi connectivity index (χ0v) is 35.4. The molecule has 0 N–H and O–H groups in total. The summed E-state index contributed by atoms with van der Waals surface area (Å²) in [5, 5.41) is 0. The predicted octanol–water partition coefficient (Wildman–Crippen LogP) is 5.60. The van der Waals surface area contributed by atoms with Crippen LogP contribution in [0.4, 0.5) is 0 Å². The fourth-order valence-corrected chi connectivity index (χ4v) is 6.80. The molecular weight excluding hydrogens is 808 g/mol. The quantitative estimate of drug-likeness (QED) is 0.0843. The lowest BCUT2D eigenvalue weighted by atomic mass is 10.0. The molecule has 0 spiro atoms. The van der Waals surface area contributed by atoms with Crippen LogP contribution in [0.15, 0.2) is 97.1 Å². The first-order chi connectivity index (χ1) is 30.1. The number of carbonyl (C=O) groups is 3. The van der Waals surface area contributed by atoms with Crippen molar-refractivity contribution in [2.45, 2.75) is 82.9 Å². The van der Waals surface area contributed by atoms with Gasteiger partial charge in [-0.05, 0) is 77.4 Å². The Hall–Kier alpha value is -5.75. The van der Waals surface area contributed by atoms with Gasteiger partial charge in [0.2, 0.25) is 6.29 Å². The van der Waals surface area contributed by atoms with Crippen LogP contribution in [-0.4, -0.2) is 109 Å². The molecule has 0 unspecified atom stereocenters. The van der Waals surface area contributed by atoms with E-state index in [4.69, 9.17) is 61.6 Å². The van der Waals surface area contributed by atoms with E-state index in [1.807, 2.05) is 48.5 Å². The lowest BCUT2D eigenvalue weighted by Crippen LogP contribution is -2.63. The third-order valence-corrected chi connectivity index (χ3v) is 10.1. The van der Waals surface area contributed by atoms with Crippen molar-refractivity contribution in [3.63, 3.8) is 0 Å². The lowest BCUT2D eigenvalue weighted by Gasteiger charge is -2.46. The number of benzene rings is 4. The second kappa shape index (κ2) is 22.4. The van der Waals surface area contributed by atoms with E-state index in [9.17, 15) is 14.4 Å². The van der Waals surface area contributed by atoms with Crippen LogP contribution in [0.1, 0.15) is 40.9 Å². The van der Waals surface area contributed by atoms with E-state index in [2.05, 4.69) is 0 Å². The zero-order chi connectivity index (χ0) is 44.0. The maximum absolute atomic E-state index is 14.1. The molecule has 0 aromatic heterocycles. The first kappa shape index (κ1) is 45.8. The first-order valence-corrected chi connectivity index (χ1v) is 19.9. The van der Waals surface area contributed by atoms with Crippen molar-refractivity contribution in [3.05, 3.63) is 119 Å². The van der Waals surface area contributed by atoms with Gasteiger partial charge in [-0.1, -0.05) is 36.4 Å². The summed E-state index contributed by atoms with van der Waals surface area (Å²) in [5.41, 5.74) is 2.63. The van der Waals surface area contributed by atoms with Gasteiger partial charge in [-0.15, -0.1) is 0 Å². The number of esters is 3. The Bertz CT molecular complexity index is 2020. The molecule has 16 heteroatoms. The highest BCUT2D eigenvalue weighted by Crippen LogP contribution is 2.33. The maximum atomic E-state index is 14.1. The molecule has 4 aromatic carbocycles. The summed E-state index contributed by atoms with van der Waals surface area (Å²) in [6, 6.07) is 28.3. The van der Waals surface area contributed by atoms with Crippen molar-refractivity contribution in [1.29, 1.82) is 0 Å². The first-order valence-electron chi connectivity index (χ1n) is 19.9. The average molecular weight is 861 g/mol. The maximum Gasteiger partial charge on any atom is 0.338 e. The molecule has 0 saturated carbocycles. The van der Waals surface area contributed by atoms with Crippen molar-refractivity contribution in [3.8, 4) is 23.0 Å². The number of ether oxygens (including phenoxy) is 13. The van der Waals surface area contributed by atoms with Crippen molar-refractivity contribution in [1.82, 2.24) is 0 Å². The fraction of sp³-hybridized carbons (Fsp3) is 0.413.